The van der Waals surface area contributed by atoms with Gasteiger partial charge in [-0.3, -0.25) is 4.79 Å². The average molecular weight is 354 g/mol. The first-order valence-electron chi connectivity index (χ1n) is 9.16. The Morgan fingerprint density at radius 1 is 1.12 bits per heavy atom. The summed E-state index contributed by atoms with van der Waals surface area (Å²) in [6, 6.07) is 9.64. The molecule has 1 aliphatic heterocycles. The van der Waals surface area contributed by atoms with Crippen molar-refractivity contribution in [2.45, 2.75) is 39.7 Å². The fourth-order valence-corrected chi connectivity index (χ4v) is 2.99. The standard InChI is InChI=1S/C20H26N4O2/c1-15-6-8-17(9-7-15)26-14-20(25)21-13-18-22-16(2)12-19(23-18)24-10-4-3-5-11-24/h6-9,12H,3-5,10-11,13-14H2,1-2H3,(H,21,25). The van der Waals surface area contributed by atoms with Crippen LogP contribution in [0.4, 0.5) is 5.82 Å². The summed E-state index contributed by atoms with van der Waals surface area (Å²) in [5.41, 5.74) is 2.07. The number of anilines is 1. The number of ether oxygens (including phenoxy) is 1. The van der Waals surface area contributed by atoms with Gasteiger partial charge in [0.2, 0.25) is 0 Å². The van der Waals surface area contributed by atoms with E-state index in [0.29, 0.717) is 18.1 Å². The predicted molar refractivity (Wildman–Crippen MR) is 101 cm³/mol. The molecule has 1 aliphatic rings. The first-order valence-corrected chi connectivity index (χ1v) is 9.16. The molecule has 6 heteroatoms. The summed E-state index contributed by atoms with van der Waals surface area (Å²) in [6.45, 7) is 6.32. The van der Waals surface area contributed by atoms with E-state index in [1.54, 1.807) is 0 Å². The van der Waals surface area contributed by atoms with Gasteiger partial charge in [0.1, 0.15) is 17.4 Å². The van der Waals surface area contributed by atoms with Crippen LogP contribution >= 0.6 is 0 Å². The number of nitrogens with zero attached hydrogens (tertiary/aromatic N) is 3. The van der Waals surface area contributed by atoms with E-state index in [2.05, 4.69) is 20.2 Å². The first-order chi connectivity index (χ1) is 12.6. The van der Waals surface area contributed by atoms with Gasteiger partial charge in [0.05, 0.1) is 6.54 Å². The number of hydrogen-bond donors (Lipinski definition) is 1. The van der Waals surface area contributed by atoms with Crippen molar-refractivity contribution < 1.29 is 9.53 Å². The van der Waals surface area contributed by atoms with Gasteiger partial charge in [-0.25, -0.2) is 9.97 Å². The molecule has 1 fully saturated rings. The third kappa shape index (κ3) is 5.18. The molecule has 0 aliphatic carbocycles. The molecule has 26 heavy (non-hydrogen) atoms. The van der Waals surface area contributed by atoms with Gasteiger partial charge >= 0.3 is 0 Å². The number of hydrogen-bond acceptors (Lipinski definition) is 5. The molecule has 0 saturated carbocycles. The minimum Gasteiger partial charge on any atom is -0.484 e. The maximum absolute atomic E-state index is 12.0. The zero-order valence-corrected chi connectivity index (χ0v) is 15.5. The van der Waals surface area contributed by atoms with E-state index < -0.39 is 0 Å². The zero-order chi connectivity index (χ0) is 18.4. The van der Waals surface area contributed by atoms with Gasteiger partial charge in [-0.05, 0) is 45.2 Å². The smallest absolute Gasteiger partial charge is 0.258 e. The predicted octanol–water partition coefficient (Wildman–Crippen LogP) is 2.78. The summed E-state index contributed by atoms with van der Waals surface area (Å²) in [7, 11) is 0. The van der Waals surface area contributed by atoms with Gasteiger partial charge in [-0.15, -0.1) is 0 Å². The van der Waals surface area contributed by atoms with E-state index >= 15 is 0 Å². The van der Waals surface area contributed by atoms with Crippen LogP contribution in [-0.2, 0) is 11.3 Å². The third-order valence-electron chi connectivity index (χ3n) is 4.40. The van der Waals surface area contributed by atoms with Crippen LogP contribution in [0.25, 0.3) is 0 Å². The number of nitrogens with one attached hydrogen (secondary N) is 1. The second kappa shape index (κ2) is 8.65. The molecule has 1 amide bonds. The summed E-state index contributed by atoms with van der Waals surface area (Å²) >= 11 is 0. The van der Waals surface area contributed by atoms with Crippen LogP contribution in [0.2, 0.25) is 0 Å². The highest BCUT2D eigenvalue weighted by atomic mass is 16.5. The molecule has 6 nitrogen and oxygen atoms in total. The second-order valence-electron chi connectivity index (χ2n) is 6.71. The molecule has 0 radical (unpaired) electrons. The van der Waals surface area contributed by atoms with Gasteiger partial charge in [-0.2, -0.15) is 0 Å². The Hall–Kier alpha value is -2.63. The highest BCUT2D eigenvalue weighted by Crippen LogP contribution is 2.18. The molecule has 1 N–H and O–H groups in total. The van der Waals surface area contributed by atoms with Gasteiger partial charge in [0.15, 0.2) is 6.61 Å². The third-order valence-corrected chi connectivity index (χ3v) is 4.40. The Morgan fingerprint density at radius 3 is 2.58 bits per heavy atom. The van der Waals surface area contributed by atoms with Crippen LogP contribution in [0.15, 0.2) is 30.3 Å². The van der Waals surface area contributed by atoms with E-state index in [1.807, 2.05) is 44.2 Å². The Morgan fingerprint density at radius 2 is 1.85 bits per heavy atom. The van der Waals surface area contributed by atoms with Crippen molar-refractivity contribution >= 4 is 11.7 Å². The number of aryl methyl sites for hydroxylation is 2. The van der Waals surface area contributed by atoms with Crippen LogP contribution in [0, 0.1) is 13.8 Å². The molecule has 0 atom stereocenters. The van der Waals surface area contributed by atoms with Crippen molar-refractivity contribution in [2.75, 3.05) is 24.6 Å². The van der Waals surface area contributed by atoms with Crippen LogP contribution in [0.1, 0.15) is 36.3 Å². The lowest BCUT2D eigenvalue weighted by Gasteiger charge is -2.28. The minimum atomic E-state index is -0.185. The summed E-state index contributed by atoms with van der Waals surface area (Å²) in [6.07, 6.45) is 3.68. The number of benzene rings is 1. The molecule has 0 unspecified atom stereocenters. The lowest BCUT2D eigenvalue weighted by atomic mass is 10.1. The van der Waals surface area contributed by atoms with E-state index in [1.165, 1.54) is 19.3 Å². The van der Waals surface area contributed by atoms with Crippen molar-refractivity contribution in [3.63, 3.8) is 0 Å². The van der Waals surface area contributed by atoms with Crippen LogP contribution in [0.5, 0.6) is 5.75 Å². The highest BCUT2D eigenvalue weighted by Gasteiger charge is 2.14. The monoisotopic (exact) mass is 354 g/mol. The van der Waals surface area contributed by atoms with Crippen molar-refractivity contribution in [1.29, 1.82) is 0 Å². The van der Waals surface area contributed by atoms with Crippen molar-refractivity contribution in [3.05, 3.63) is 47.4 Å². The van der Waals surface area contributed by atoms with Crippen molar-refractivity contribution in [3.8, 4) is 5.75 Å². The second-order valence-corrected chi connectivity index (χ2v) is 6.71. The Labute approximate surface area is 154 Å². The Kier molecular flexibility index (Phi) is 6.04. The molecular weight excluding hydrogens is 328 g/mol. The van der Waals surface area contributed by atoms with E-state index in [4.69, 9.17) is 4.74 Å². The molecule has 138 valence electrons. The van der Waals surface area contributed by atoms with Gasteiger partial charge in [-0.1, -0.05) is 17.7 Å². The SMILES string of the molecule is Cc1ccc(OCC(=O)NCc2nc(C)cc(N3CCCCC3)n2)cc1. The summed E-state index contributed by atoms with van der Waals surface area (Å²) in [4.78, 5) is 23.4. The number of amides is 1. The minimum absolute atomic E-state index is 0.0200. The first kappa shape index (κ1) is 18.2. The van der Waals surface area contributed by atoms with E-state index in [-0.39, 0.29) is 12.5 Å². The molecule has 2 heterocycles. The summed E-state index contributed by atoms with van der Waals surface area (Å²) in [5, 5.41) is 2.83. The van der Waals surface area contributed by atoms with Gasteiger partial charge in [0, 0.05) is 24.8 Å². The number of rotatable bonds is 6. The molecule has 2 aromatic rings. The number of carbonyl (C=O) groups is 1. The summed E-state index contributed by atoms with van der Waals surface area (Å²) in [5.74, 6) is 2.09. The quantitative estimate of drug-likeness (QED) is 0.864. The lowest BCUT2D eigenvalue weighted by molar-refractivity contribution is -0.123. The van der Waals surface area contributed by atoms with Crippen LogP contribution < -0.4 is 15.0 Å². The van der Waals surface area contributed by atoms with Crippen LogP contribution in [-0.4, -0.2) is 35.6 Å². The molecule has 0 bridgehead atoms. The largest absolute Gasteiger partial charge is 0.484 e. The van der Waals surface area contributed by atoms with E-state index in [9.17, 15) is 4.79 Å². The number of piperidine rings is 1. The number of aromatic nitrogens is 2. The molecule has 1 aromatic heterocycles. The Balaban J connectivity index is 1.52. The summed E-state index contributed by atoms with van der Waals surface area (Å²) < 4.78 is 5.49. The molecule has 1 aromatic carbocycles. The maximum Gasteiger partial charge on any atom is 0.258 e. The molecule has 3 rings (SSSR count). The van der Waals surface area contributed by atoms with E-state index in [0.717, 1.165) is 30.2 Å². The topological polar surface area (TPSA) is 67.3 Å². The molecule has 0 spiro atoms. The fourth-order valence-electron chi connectivity index (χ4n) is 2.99. The van der Waals surface area contributed by atoms with Gasteiger partial charge < -0.3 is 15.0 Å². The van der Waals surface area contributed by atoms with Gasteiger partial charge in [0.25, 0.3) is 5.91 Å². The molecular formula is C20H26N4O2. The molecule has 1 saturated heterocycles. The average Bonchev–Trinajstić information content (AvgIpc) is 2.66. The normalized spacial score (nSPS) is 14.2. The van der Waals surface area contributed by atoms with Crippen molar-refractivity contribution in [1.82, 2.24) is 15.3 Å². The Bertz CT molecular complexity index is 740. The van der Waals surface area contributed by atoms with Crippen LogP contribution in [0.3, 0.4) is 0 Å². The zero-order valence-electron chi connectivity index (χ0n) is 15.5. The number of carbonyl (C=O) groups excluding carboxylic acids is 1. The fraction of sp³-hybridized carbons (Fsp3) is 0.450. The van der Waals surface area contributed by atoms with Crippen molar-refractivity contribution in [2.24, 2.45) is 0 Å². The highest BCUT2D eigenvalue weighted by molar-refractivity contribution is 5.77. The lowest BCUT2D eigenvalue weighted by Crippen LogP contribution is -2.32. The maximum atomic E-state index is 12.0.